The van der Waals surface area contributed by atoms with Crippen LogP contribution in [0.3, 0.4) is 0 Å². The highest BCUT2D eigenvalue weighted by Crippen LogP contribution is 2.20. The fraction of sp³-hybridized carbons (Fsp3) is 0.800. The second-order valence-electron chi connectivity index (χ2n) is 3.15. The van der Waals surface area contributed by atoms with Gasteiger partial charge in [-0.25, -0.2) is 0 Å². The number of methoxy groups -OCH3 is 2. The highest BCUT2D eigenvalue weighted by Gasteiger charge is 2.34. The van der Waals surface area contributed by atoms with E-state index in [9.17, 15) is 0 Å². The zero-order valence-electron chi connectivity index (χ0n) is 8.93. The molecule has 82 valence electrons. The zero-order valence-corrected chi connectivity index (χ0v) is 8.93. The monoisotopic (exact) mass is 202 g/mol. The van der Waals surface area contributed by atoms with E-state index in [0.29, 0.717) is 13.2 Å². The summed E-state index contributed by atoms with van der Waals surface area (Å²) in [6, 6.07) is 0. The van der Waals surface area contributed by atoms with E-state index in [1.807, 2.05) is 19.1 Å². The van der Waals surface area contributed by atoms with Crippen LogP contribution in [0.25, 0.3) is 0 Å². The van der Waals surface area contributed by atoms with Crippen LogP contribution in [0, 0.1) is 0 Å². The van der Waals surface area contributed by atoms with Crippen LogP contribution in [0.15, 0.2) is 12.2 Å². The summed E-state index contributed by atoms with van der Waals surface area (Å²) >= 11 is 0. The topological polar surface area (TPSA) is 36.9 Å². The van der Waals surface area contributed by atoms with E-state index in [4.69, 9.17) is 18.9 Å². The van der Waals surface area contributed by atoms with Gasteiger partial charge < -0.3 is 18.9 Å². The molecule has 1 aliphatic rings. The average Bonchev–Trinajstić information content (AvgIpc) is 2.50. The van der Waals surface area contributed by atoms with Crippen LogP contribution in [-0.4, -0.2) is 45.9 Å². The number of rotatable bonds is 5. The molecule has 1 saturated heterocycles. The molecule has 4 heteroatoms. The molecule has 0 radical (unpaired) electrons. The maximum absolute atomic E-state index is 5.59. The van der Waals surface area contributed by atoms with E-state index in [1.54, 1.807) is 14.2 Å². The van der Waals surface area contributed by atoms with Crippen LogP contribution in [-0.2, 0) is 18.9 Å². The maximum atomic E-state index is 5.59. The van der Waals surface area contributed by atoms with Crippen LogP contribution in [0.1, 0.15) is 6.92 Å². The molecule has 0 N–H and O–H groups in total. The van der Waals surface area contributed by atoms with E-state index < -0.39 is 0 Å². The van der Waals surface area contributed by atoms with Gasteiger partial charge in [0.15, 0.2) is 6.29 Å². The molecule has 1 fully saturated rings. The molecule has 0 saturated carbocycles. The minimum Gasteiger partial charge on any atom is -0.382 e. The summed E-state index contributed by atoms with van der Waals surface area (Å²) in [5, 5.41) is 0. The van der Waals surface area contributed by atoms with Crippen molar-refractivity contribution in [2.45, 2.75) is 25.4 Å². The quantitative estimate of drug-likeness (QED) is 0.622. The number of hydrogen-bond donors (Lipinski definition) is 0. The molecule has 1 rings (SSSR count). The zero-order chi connectivity index (χ0) is 10.4. The van der Waals surface area contributed by atoms with E-state index in [1.165, 1.54) is 0 Å². The first-order valence-corrected chi connectivity index (χ1v) is 4.73. The Balaban J connectivity index is 2.46. The lowest BCUT2D eigenvalue weighted by Crippen LogP contribution is -2.30. The molecular weight excluding hydrogens is 184 g/mol. The van der Waals surface area contributed by atoms with Gasteiger partial charge in [0, 0.05) is 14.2 Å². The Morgan fingerprint density at radius 3 is 1.93 bits per heavy atom. The van der Waals surface area contributed by atoms with Gasteiger partial charge in [0.2, 0.25) is 0 Å². The second kappa shape index (κ2) is 6.14. The van der Waals surface area contributed by atoms with Gasteiger partial charge in [-0.3, -0.25) is 0 Å². The van der Waals surface area contributed by atoms with Gasteiger partial charge in [0.25, 0.3) is 0 Å². The van der Waals surface area contributed by atoms with Crippen molar-refractivity contribution in [1.29, 1.82) is 0 Å². The van der Waals surface area contributed by atoms with Gasteiger partial charge in [0.1, 0.15) is 12.2 Å². The summed E-state index contributed by atoms with van der Waals surface area (Å²) < 4.78 is 21.3. The first-order chi connectivity index (χ1) is 6.81. The molecule has 14 heavy (non-hydrogen) atoms. The fourth-order valence-corrected chi connectivity index (χ4v) is 1.42. The smallest absolute Gasteiger partial charge is 0.177 e. The maximum Gasteiger partial charge on any atom is 0.177 e. The first-order valence-electron chi connectivity index (χ1n) is 4.73. The third-order valence-electron chi connectivity index (χ3n) is 2.04. The Morgan fingerprint density at radius 1 is 1.07 bits per heavy atom. The summed E-state index contributed by atoms with van der Waals surface area (Å²) in [6.45, 7) is 2.99. The molecule has 0 aliphatic carbocycles. The highest BCUT2D eigenvalue weighted by atomic mass is 16.7. The van der Waals surface area contributed by atoms with Crippen molar-refractivity contribution in [3.8, 4) is 0 Å². The van der Waals surface area contributed by atoms with Crippen LogP contribution in [0.2, 0.25) is 0 Å². The molecule has 0 unspecified atom stereocenters. The van der Waals surface area contributed by atoms with E-state index >= 15 is 0 Å². The normalized spacial score (nSPS) is 29.1. The SMILES string of the molecule is C/C=C/C1O[C@@H](COC)[C@H](COC)O1. The van der Waals surface area contributed by atoms with Crippen molar-refractivity contribution >= 4 is 0 Å². The fourth-order valence-electron chi connectivity index (χ4n) is 1.42. The summed E-state index contributed by atoms with van der Waals surface area (Å²) in [5.74, 6) is 0. The summed E-state index contributed by atoms with van der Waals surface area (Å²) in [7, 11) is 3.30. The molecule has 4 nitrogen and oxygen atoms in total. The first kappa shape index (κ1) is 11.7. The second-order valence-corrected chi connectivity index (χ2v) is 3.15. The van der Waals surface area contributed by atoms with E-state index in [0.717, 1.165) is 0 Å². The molecule has 0 spiro atoms. The lowest BCUT2D eigenvalue weighted by Gasteiger charge is -2.14. The Labute approximate surface area is 84.8 Å². The Morgan fingerprint density at radius 2 is 1.57 bits per heavy atom. The van der Waals surface area contributed by atoms with Crippen molar-refractivity contribution in [2.24, 2.45) is 0 Å². The van der Waals surface area contributed by atoms with Crippen molar-refractivity contribution in [2.75, 3.05) is 27.4 Å². The summed E-state index contributed by atoms with van der Waals surface area (Å²) in [5.41, 5.74) is 0. The summed E-state index contributed by atoms with van der Waals surface area (Å²) in [6.07, 6.45) is 3.43. The molecule has 1 heterocycles. The van der Waals surface area contributed by atoms with Gasteiger partial charge in [-0.1, -0.05) is 6.08 Å². The lowest BCUT2D eigenvalue weighted by molar-refractivity contribution is -0.0424. The average molecular weight is 202 g/mol. The highest BCUT2D eigenvalue weighted by molar-refractivity contribution is 4.88. The minimum atomic E-state index is -0.264. The third kappa shape index (κ3) is 3.06. The molecule has 1 aliphatic heterocycles. The van der Waals surface area contributed by atoms with Crippen LogP contribution in [0.5, 0.6) is 0 Å². The summed E-state index contributed by atoms with van der Waals surface area (Å²) in [4.78, 5) is 0. The van der Waals surface area contributed by atoms with Crippen molar-refractivity contribution < 1.29 is 18.9 Å². The molecule has 0 bridgehead atoms. The molecule has 0 aromatic rings. The van der Waals surface area contributed by atoms with E-state index in [-0.39, 0.29) is 18.5 Å². The molecule has 0 amide bonds. The molecular formula is C10H18O4. The molecule has 0 aromatic heterocycles. The van der Waals surface area contributed by atoms with Crippen LogP contribution in [0.4, 0.5) is 0 Å². The van der Waals surface area contributed by atoms with E-state index in [2.05, 4.69) is 0 Å². The standard InChI is InChI=1S/C10H18O4/c1-4-5-10-13-8(6-11-2)9(14-10)7-12-3/h4-5,8-10H,6-7H2,1-3H3/b5-4+/t8-,9-/m0/s1. The van der Waals surface area contributed by atoms with Crippen LogP contribution < -0.4 is 0 Å². The van der Waals surface area contributed by atoms with Crippen molar-refractivity contribution in [3.63, 3.8) is 0 Å². The van der Waals surface area contributed by atoms with Gasteiger partial charge in [-0.2, -0.15) is 0 Å². The van der Waals surface area contributed by atoms with Gasteiger partial charge in [0.05, 0.1) is 13.2 Å². The Kier molecular flexibility index (Phi) is 5.11. The Hall–Kier alpha value is -0.420. The van der Waals surface area contributed by atoms with Gasteiger partial charge in [-0.15, -0.1) is 0 Å². The molecule has 0 aromatic carbocycles. The molecule has 2 atom stereocenters. The van der Waals surface area contributed by atoms with Crippen molar-refractivity contribution in [3.05, 3.63) is 12.2 Å². The third-order valence-corrected chi connectivity index (χ3v) is 2.04. The van der Waals surface area contributed by atoms with Gasteiger partial charge in [-0.05, 0) is 13.0 Å². The minimum absolute atomic E-state index is 0.0406. The van der Waals surface area contributed by atoms with Gasteiger partial charge >= 0.3 is 0 Å². The Bertz CT molecular complexity index is 167. The predicted octanol–water partition coefficient (Wildman–Crippen LogP) is 0.965. The number of ether oxygens (including phenoxy) is 4. The largest absolute Gasteiger partial charge is 0.382 e. The number of allylic oxidation sites excluding steroid dienone is 1. The number of hydrogen-bond acceptors (Lipinski definition) is 4. The van der Waals surface area contributed by atoms with Crippen molar-refractivity contribution in [1.82, 2.24) is 0 Å². The van der Waals surface area contributed by atoms with Crippen LogP contribution >= 0.6 is 0 Å². The predicted molar refractivity (Wildman–Crippen MR) is 52.1 cm³/mol. The lowest BCUT2D eigenvalue weighted by atomic mass is 10.2.